The molecule has 3 aliphatic rings. The first kappa shape index (κ1) is 22.0. The van der Waals surface area contributed by atoms with Crippen molar-refractivity contribution in [3.05, 3.63) is 0 Å². The summed E-state index contributed by atoms with van der Waals surface area (Å²) in [5.74, 6) is 0.151. The van der Waals surface area contributed by atoms with E-state index < -0.39 is 11.6 Å². The number of hydrogen-bond donors (Lipinski definition) is 2. The van der Waals surface area contributed by atoms with Crippen LogP contribution in [0.25, 0.3) is 0 Å². The van der Waals surface area contributed by atoms with Crippen LogP contribution in [0.4, 0.5) is 4.79 Å². The number of nitrogens with zero attached hydrogens (tertiary/aromatic N) is 2. The molecule has 154 valence electrons. The molecule has 1 atom stereocenters. The van der Waals surface area contributed by atoms with E-state index in [0.29, 0.717) is 18.8 Å². The molecule has 0 bridgehead atoms. The van der Waals surface area contributed by atoms with E-state index in [1.807, 2.05) is 0 Å². The fourth-order valence-electron chi connectivity index (χ4n) is 4.56. The summed E-state index contributed by atoms with van der Waals surface area (Å²) in [7, 11) is 1.75. The molecule has 2 heterocycles. The molecule has 1 unspecified atom stereocenters. The summed E-state index contributed by atoms with van der Waals surface area (Å²) in [4.78, 5) is 40.8. The van der Waals surface area contributed by atoms with Crippen molar-refractivity contribution >= 4 is 30.3 Å². The highest BCUT2D eigenvalue weighted by atomic mass is 35.5. The molecule has 8 heteroatoms. The molecule has 1 spiro atoms. The number of hydrogen-bond acceptors (Lipinski definition) is 4. The number of likely N-dealkylation sites (N-methyl/N-ethyl adjacent to an activating group) is 1. The normalized spacial score (nSPS) is 31.0. The second-order valence-electron chi connectivity index (χ2n) is 9.20. The molecule has 27 heavy (non-hydrogen) atoms. The first-order valence-electron chi connectivity index (χ1n) is 9.74. The predicted molar refractivity (Wildman–Crippen MR) is 106 cm³/mol. The quantitative estimate of drug-likeness (QED) is 0.707. The topological polar surface area (TPSA) is 81.8 Å². The van der Waals surface area contributed by atoms with Crippen molar-refractivity contribution in [1.29, 1.82) is 0 Å². The summed E-state index contributed by atoms with van der Waals surface area (Å²) in [5, 5.41) is 6.14. The number of carbonyl (C=O) groups excluding carboxylic acids is 3. The summed E-state index contributed by atoms with van der Waals surface area (Å²) in [5.41, 5.74) is -0.590. The van der Waals surface area contributed by atoms with E-state index in [4.69, 9.17) is 0 Å². The van der Waals surface area contributed by atoms with Crippen LogP contribution in [-0.4, -0.2) is 65.9 Å². The van der Waals surface area contributed by atoms with Crippen LogP contribution in [0, 0.1) is 11.3 Å². The first-order valence-corrected chi connectivity index (χ1v) is 9.74. The number of urea groups is 1. The van der Waals surface area contributed by atoms with E-state index in [2.05, 4.69) is 31.4 Å². The van der Waals surface area contributed by atoms with Crippen molar-refractivity contribution in [3.8, 4) is 0 Å². The van der Waals surface area contributed by atoms with Crippen LogP contribution < -0.4 is 10.6 Å². The molecule has 1 saturated carbocycles. The van der Waals surface area contributed by atoms with Gasteiger partial charge in [-0.25, -0.2) is 4.79 Å². The van der Waals surface area contributed by atoms with Crippen molar-refractivity contribution < 1.29 is 14.4 Å². The highest BCUT2D eigenvalue weighted by Crippen LogP contribution is 2.43. The number of imide groups is 1. The van der Waals surface area contributed by atoms with Gasteiger partial charge in [0.25, 0.3) is 5.91 Å². The molecule has 0 aromatic rings. The number of amides is 4. The maximum Gasteiger partial charge on any atom is 0.325 e. The SMILES string of the molecule is CN(C(=O)CN1C(=O)NC2(CCC(C(C)(C)C)CC2)C1=O)C1CCNC1.Cl. The Kier molecular flexibility index (Phi) is 6.47. The van der Waals surface area contributed by atoms with Crippen LogP contribution in [0.15, 0.2) is 0 Å². The Morgan fingerprint density at radius 3 is 2.37 bits per heavy atom. The molecule has 2 N–H and O–H groups in total. The lowest BCUT2D eigenvalue weighted by molar-refractivity contribution is -0.140. The van der Waals surface area contributed by atoms with E-state index >= 15 is 0 Å². The molecule has 0 aromatic carbocycles. The summed E-state index contributed by atoms with van der Waals surface area (Å²) < 4.78 is 0. The van der Waals surface area contributed by atoms with Gasteiger partial charge in [-0.2, -0.15) is 0 Å². The molecule has 0 radical (unpaired) electrons. The predicted octanol–water partition coefficient (Wildman–Crippen LogP) is 1.76. The monoisotopic (exact) mass is 400 g/mol. The zero-order valence-electron chi connectivity index (χ0n) is 16.8. The average molecular weight is 401 g/mol. The Labute approximate surface area is 168 Å². The van der Waals surface area contributed by atoms with Crippen molar-refractivity contribution in [2.45, 2.75) is 64.5 Å². The van der Waals surface area contributed by atoms with E-state index in [1.165, 1.54) is 0 Å². The molecule has 4 amide bonds. The molecule has 0 aromatic heterocycles. The molecule has 3 fully saturated rings. The standard InChI is InChI=1S/C19H32N4O3.ClH/c1-18(2,3)13-5-8-19(9-6-13)16(25)23(17(26)21-19)12-15(24)22(4)14-7-10-20-11-14;/h13-14,20H,5-12H2,1-4H3,(H,21,26);1H. The van der Waals surface area contributed by atoms with Crippen LogP contribution in [0.3, 0.4) is 0 Å². The highest BCUT2D eigenvalue weighted by molar-refractivity contribution is 6.09. The van der Waals surface area contributed by atoms with Crippen molar-refractivity contribution in [2.24, 2.45) is 11.3 Å². The summed E-state index contributed by atoms with van der Waals surface area (Å²) >= 11 is 0. The molecule has 3 rings (SSSR count). The van der Waals surface area contributed by atoms with E-state index in [0.717, 1.165) is 37.3 Å². The fourth-order valence-corrected chi connectivity index (χ4v) is 4.56. The number of halogens is 1. The van der Waals surface area contributed by atoms with Crippen molar-refractivity contribution in [3.63, 3.8) is 0 Å². The Morgan fingerprint density at radius 1 is 1.22 bits per heavy atom. The molecule has 2 saturated heterocycles. The van der Waals surface area contributed by atoms with Gasteiger partial charge in [-0.05, 0) is 50.0 Å². The van der Waals surface area contributed by atoms with E-state index in [-0.39, 0.29) is 42.2 Å². The van der Waals surface area contributed by atoms with E-state index in [1.54, 1.807) is 11.9 Å². The largest absolute Gasteiger partial charge is 0.340 e. The van der Waals surface area contributed by atoms with Gasteiger partial charge < -0.3 is 15.5 Å². The van der Waals surface area contributed by atoms with Gasteiger partial charge in [0.05, 0.1) is 0 Å². The third kappa shape index (κ3) is 4.24. The number of carbonyl (C=O) groups is 3. The average Bonchev–Trinajstić information content (AvgIpc) is 3.18. The third-order valence-electron chi connectivity index (χ3n) is 6.58. The maximum atomic E-state index is 13.0. The van der Waals surface area contributed by atoms with Crippen LogP contribution in [0.2, 0.25) is 0 Å². The smallest absolute Gasteiger partial charge is 0.325 e. The van der Waals surface area contributed by atoms with Gasteiger partial charge in [-0.3, -0.25) is 14.5 Å². The lowest BCUT2D eigenvalue weighted by atomic mass is 9.67. The Morgan fingerprint density at radius 2 is 1.85 bits per heavy atom. The Bertz CT molecular complexity index is 590. The summed E-state index contributed by atoms with van der Waals surface area (Å²) in [6.07, 6.45) is 4.07. The van der Waals surface area contributed by atoms with E-state index in [9.17, 15) is 14.4 Å². The van der Waals surface area contributed by atoms with Crippen LogP contribution in [0.1, 0.15) is 52.9 Å². The minimum atomic E-state index is -0.799. The highest BCUT2D eigenvalue weighted by Gasteiger charge is 2.53. The van der Waals surface area contributed by atoms with Gasteiger partial charge >= 0.3 is 6.03 Å². The summed E-state index contributed by atoms with van der Waals surface area (Å²) in [6.45, 7) is 8.17. The minimum Gasteiger partial charge on any atom is -0.340 e. The lowest BCUT2D eigenvalue weighted by Crippen LogP contribution is -2.51. The van der Waals surface area contributed by atoms with Gasteiger partial charge in [0, 0.05) is 19.6 Å². The van der Waals surface area contributed by atoms with Gasteiger partial charge in [0.2, 0.25) is 5.91 Å². The molecular formula is C19H33ClN4O3. The summed E-state index contributed by atoms with van der Waals surface area (Å²) in [6, 6.07) is -0.282. The second kappa shape index (κ2) is 7.95. The van der Waals surface area contributed by atoms with Crippen LogP contribution in [-0.2, 0) is 9.59 Å². The zero-order valence-corrected chi connectivity index (χ0v) is 17.7. The molecular weight excluding hydrogens is 368 g/mol. The van der Waals surface area contributed by atoms with Gasteiger partial charge in [0.15, 0.2) is 0 Å². The van der Waals surface area contributed by atoms with Crippen molar-refractivity contribution in [2.75, 3.05) is 26.7 Å². The number of rotatable bonds is 3. The minimum absolute atomic E-state index is 0. The van der Waals surface area contributed by atoms with Gasteiger partial charge in [-0.15, -0.1) is 12.4 Å². The Balaban J connectivity index is 0.00000261. The lowest BCUT2D eigenvalue weighted by Gasteiger charge is -2.40. The maximum absolute atomic E-state index is 13.0. The Hall–Kier alpha value is -1.34. The molecule has 2 aliphatic heterocycles. The second-order valence-corrected chi connectivity index (χ2v) is 9.20. The molecule has 7 nitrogen and oxygen atoms in total. The van der Waals surface area contributed by atoms with Crippen LogP contribution >= 0.6 is 12.4 Å². The van der Waals surface area contributed by atoms with Gasteiger partial charge in [0.1, 0.15) is 12.1 Å². The first-order chi connectivity index (χ1) is 12.1. The van der Waals surface area contributed by atoms with Crippen molar-refractivity contribution in [1.82, 2.24) is 20.4 Å². The fraction of sp³-hybridized carbons (Fsp3) is 0.842. The van der Waals surface area contributed by atoms with Crippen LogP contribution in [0.5, 0.6) is 0 Å². The third-order valence-corrected chi connectivity index (χ3v) is 6.58. The van der Waals surface area contributed by atoms with Gasteiger partial charge in [-0.1, -0.05) is 20.8 Å². The molecule has 1 aliphatic carbocycles. The zero-order chi connectivity index (χ0) is 19.1. The number of nitrogens with one attached hydrogen (secondary N) is 2.